The first-order chi connectivity index (χ1) is 8.70. The summed E-state index contributed by atoms with van der Waals surface area (Å²) in [5, 5.41) is 13.2. The van der Waals surface area contributed by atoms with E-state index in [4.69, 9.17) is 23.2 Å². The van der Waals surface area contributed by atoms with Crippen LogP contribution in [0.1, 0.15) is 0 Å². The van der Waals surface area contributed by atoms with Crippen LogP contribution in [0.4, 0.5) is 5.69 Å². The number of aromatic nitrogens is 2. The highest BCUT2D eigenvalue weighted by molar-refractivity contribution is 6.31. The van der Waals surface area contributed by atoms with Crippen LogP contribution in [0.2, 0.25) is 5.02 Å². The maximum atomic E-state index is 9.46. The summed E-state index contributed by atoms with van der Waals surface area (Å²) in [6.45, 7) is 0.367. The van der Waals surface area contributed by atoms with Crippen LogP contribution in [0.5, 0.6) is 0 Å². The Balaban J connectivity index is 2.24. The molecule has 0 spiro atoms. The van der Waals surface area contributed by atoms with Gasteiger partial charge in [-0.1, -0.05) is 11.6 Å². The zero-order valence-electron chi connectivity index (χ0n) is 9.55. The van der Waals surface area contributed by atoms with E-state index >= 15 is 0 Å². The predicted octanol–water partition coefficient (Wildman–Crippen LogP) is 2.54. The molecule has 0 saturated heterocycles. The summed E-state index contributed by atoms with van der Waals surface area (Å²) in [6, 6.07) is 5.50. The molecule has 0 amide bonds. The summed E-state index contributed by atoms with van der Waals surface area (Å²) >= 11 is 11.5. The van der Waals surface area contributed by atoms with Gasteiger partial charge in [0.25, 0.3) is 0 Å². The monoisotopic (exact) mass is 285 g/mol. The molecule has 0 fully saturated rings. The van der Waals surface area contributed by atoms with Gasteiger partial charge in [-0.25, -0.2) is 4.98 Å². The van der Waals surface area contributed by atoms with Gasteiger partial charge in [-0.15, -0.1) is 11.6 Å². The summed E-state index contributed by atoms with van der Waals surface area (Å²) in [5.74, 6) is 0.188. The van der Waals surface area contributed by atoms with Crippen LogP contribution in [0.15, 0.2) is 36.9 Å². The van der Waals surface area contributed by atoms with Gasteiger partial charge in [-0.2, -0.15) is 0 Å². The van der Waals surface area contributed by atoms with E-state index in [1.54, 1.807) is 24.7 Å². The second-order valence-electron chi connectivity index (χ2n) is 3.82. The Morgan fingerprint density at radius 3 is 2.94 bits per heavy atom. The van der Waals surface area contributed by atoms with Gasteiger partial charge in [0.15, 0.2) is 0 Å². The minimum Gasteiger partial charge on any atom is -0.390 e. The number of imidazole rings is 1. The molecule has 0 saturated carbocycles. The minimum absolute atomic E-state index is 0.188. The Hall–Kier alpha value is -1.23. The van der Waals surface area contributed by atoms with Crippen LogP contribution < -0.4 is 5.32 Å². The zero-order chi connectivity index (χ0) is 13.0. The van der Waals surface area contributed by atoms with E-state index in [1.165, 1.54) is 0 Å². The molecule has 0 aliphatic heterocycles. The molecule has 1 atom stereocenters. The van der Waals surface area contributed by atoms with Crippen molar-refractivity contribution in [3.63, 3.8) is 0 Å². The number of aliphatic hydroxyl groups is 1. The number of nitrogens with zero attached hydrogens (tertiary/aromatic N) is 2. The first kappa shape index (κ1) is 13.2. The van der Waals surface area contributed by atoms with Crippen LogP contribution in [-0.4, -0.2) is 33.2 Å². The molecular formula is C12H13Cl2N3O. The number of alkyl halides is 1. The smallest absolute Gasteiger partial charge is 0.0992 e. The van der Waals surface area contributed by atoms with Gasteiger partial charge in [-0.3, -0.25) is 0 Å². The Morgan fingerprint density at radius 2 is 2.28 bits per heavy atom. The average Bonchev–Trinajstić information content (AvgIpc) is 2.89. The van der Waals surface area contributed by atoms with Crippen LogP contribution in [0, 0.1) is 0 Å². The largest absolute Gasteiger partial charge is 0.390 e. The third kappa shape index (κ3) is 3.16. The number of halogens is 2. The molecule has 18 heavy (non-hydrogen) atoms. The van der Waals surface area contributed by atoms with E-state index < -0.39 is 6.10 Å². The van der Waals surface area contributed by atoms with E-state index in [9.17, 15) is 5.11 Å². The van der Waals surface area contributed by atoms with Gasteiger partial charge >= 0.3 is 0 Å². The average molecular weight is 286 g/mol. The molecule has 1 aromatic carbocycles. The first-order valence-corrected chi connectivity index (χ1v) is 6.37. The summed E-state index contributed by atoms with van der Waals surface area (Å²) in [4.78, 5) is 4.01. The number of benzene rings is 1. The molecule has 2 N–H and O–H groups in total. The number of hydrogen-bond donors (Lipinski definition) is 2. The van der Waals surface area contributed by atoms with Crippen LogP contribution in [0.3, 0.4) is 0 Å². The minimum atomic E-state index is -0.596. The number of nitrogens with one attached hydrogen (secondary N) is 1. The third-order valence-electron chi connectivity index (χ3n) is 2.45. The standard InChI is InChI=1S/C12H13Cl2N3O/c13-6-10(18)7-16-11-5-9(14)1-2-12(11)17-4-3-15-8-17/h1-5,8,10,16,18H,6-7H2. The molecule has 1 aromatic heterocycles. The fourth-order valence-electron chi connectivity index (χ4n) is 1.56. The Labute approximate surface area is 115 Å². The molecule has 96 valence electrons. The zero-order valence-corrected chi connectivity index (χ0v) is 11.1. The topological polar surface area (TPSA) is 50.1 Å². The molecular weight excluding hydrogens is 273 g/mol. The van der Waals surface area contributed by atoms with Crippen molar-refractivity contribution in [2.45, 2.75) is 6.10 Å². The van der Waals surface area contributed by atoms with E-state index in [1.807, 2.05) is 16.8 Å². The van der Waals surface area contributed by atoms with E-state index in [0.717, 1.165) is 11.4 Å². The summed E-state index contributed by atoms with van der Waals surface area (Å²) < 4.78 is 1.87. The quantitative estimate of drug-likeness (QED) is 0.830. The summed E-state index contributed by atoms with van der Waals surface area (Å²) in [7, 11) is 0. The summed E-state index contributed by atoms with van der Waals surface area (Å²) in [6.07, 6.45) is 4.64. The fourth-order valence-corrected chi connectivity index (χ4v) is 1.84. The molecule has 2 rings (SSSR count). The van der Waals surface area contributed by atoms with E-state index in [2.05, 4.69) is 10.3 Å². The SMILES string of the molecule is OC(CCl)CNc1cc(Cl)ccc1-n1ccnc1. The van der Waals surface area contributed by atoms with Crippen LogP contribution in [-0.2, 0) is 0 Å². The van der Waals surface area contributed by atoms with Crippen molar-refractivity contribution in [2.75, 3.05) is 17.7 Å². The lowest BCUT2D eigenvalue weighted by Crippen LogP contribution is -2.21. The third-order valence-corrected chi connectivity index (χ3v) is 3.04. The highest BCUT2D eigenvalue weighted by Gasteiger charge is 2.07. The maximum Gasteiger partial charge on any atom is 0.0992 e. The van der Waals surface area contributed by atoms with Crippen molar-refractivity contribution in [1.82, 2.24) is 9.55 Å². The first-order valence-electron chi connectivity index (χ1n) is 5.46. The number of anilines is 1. The van der Waals surface area contributed by atoms with Crippen LogP contribution >= 0.6 is 23.2 Å². The highest BCUT2D eigenvalue weighted by Crippen LogP contribution is 2.24. The number of hydrogen-bond acceptors (Lipinski definition) is 3. The molecule has 4 nitrogen and oxygen atoms in total. The second-order valence-corrected chi connectivity index (χ2v) is 4.57. The van der Waals surface area contributed by atoms with Gasteiger partial charge in [0, 0.05) is 24.0 Å². The molecule has 0 bridgehead atoms. The molecule has 1 heterocycles. The van der Waals surface area contributed by atoms with Crippen molar-refractivity contribution >= 4 is 28.9 Å². The van der Waals surface area contributed by atoms with E-state index in [-0.39, 0.29) is 5.88 Å². The predicted molar refractivity (Wildman–Crippen MR) is 73.8 cm³/mol. The van der Waals surface area contributed by atoms with Gasteiger partial charge < -0.3 is 15.0 Å². The molecule has 0 radical (unpaired) electrons. The van der Waals surface area contributed by atoms with Crippen molar-refractivity contribution in [3.05, 3.63) is 41.9 Å². The lowest BCUT2D eigenvalue weighted by molar-refractivity contribution is 0.211. The molecule has 2 aromatic rings. The van der Waals surface area contributed by atoms with Crippen molar-refractivity contribution in [3.8, 4) is 5.69 Å². The van der Waals surface area contributed by atoms with Crippen LogP contribution in [0.25, 0.3) is 5.69 Å². The fraction of sp³-hybridized carbons (Fsp3) is 0.250. The summed E-state index contributed by atoms with van der Waals surface area (Å²) in [5.41, 5.74) is 1.74. The number of aliphatic hydroxyl groups excluding tert-OH is 1. The highest BCUT2D eigenvalue weighted by atomic mass is 35.5. The lowest BCUT2D eigenvalue weighted by Gasteiger charge is -2.15. The van der Waals surface area contributed by atoms with Crippen molar-refractivity contribution < 1.29 is 5.11 Å². The maximum absolute atomic E-state index is 9.46. The number of rotatable bonds is 5. The molecule has 0 aliphatic carbocycles. The lowest BCUT2D eigenvalue weighted by atomic mass is 10.2. The van der Waals surface area contributed by atoms with Gasteiger partial charge in [-0.05, 0) is 18.2 Å². The Kier molecular flexibility index (Phi) is 4.47. The molecule has 1 unspecified atom stereocenters. The van der Waals surface area contributed by atoms with Gasteiger partial charge in [0.05, 0.1) is 29.7 Å². The molecule has 0 aliphatic rings. The van der Waals surface area contributed by atoms with Crippen molar-refractivity contribution in [1.29, 1.82) is 0 Å². The molecule has 6 heteroatoms. The normalized spacial score (nSPS) is 12.4. The van der Waals surface area contributed by atoms with E-state index in [0.29, 0.717) is 11.6 Å². The van der Waals surface area contributed by atoms with Crippen molar-refractivity contribution in [2.24, 2.45) is 0 Å². The Morgan fingerprint density at radius 1 is 1.44 bits per heavy atom. The second kappa shape index (κ2) is 6.09. The van der Waals surface area contributed by atoms with Gasteiger partial charge in [0.2, 0.25) is 0 Å². The van der Waals surface area contributed by atoms with Gasteiger partial charge in [0.1, 0.15) is 0 Å². The Bertz CT molecular complexity index is 502.